The van der Waals surface area contributed by atoms with E-state index in [2.05, 4.69) is 241 Å². The summed E-state index contributed by atoms with van der Waals surface area (Å²) in [6.45, 7) is 0. The van der Waals surface area contributed by atoms with Crippen molar-refractivity contribution >= 4 is 71.3 Å². The van der Waals surface area contributed by atoms with Gasteiger partial charge in [0.2, 0.25) is 0 Å². The molecule has 294 valence electrons. The zero-order chi connectivity index (χ0) is 41.5. The SMILES string of the molecule is c1ccc(C2(c3ccccc3)c3ccccc3-c3cc(-c4cccc5oc6c7ccccc7c(N(c7ccc8ccccc8c7)c7ccc8ccccc8c7)cc6c45)ccc32)cc1. The topological polar surface area (TPSA) is 16.4 Å². The highest BCUT2D eigenvalue weighted by atomic mass is 16.3. The van der Waals surface area contributed by atoms with Crippen molar-refractivity contribution < 1.29 is 4.42 Å². The van der Waals surface area contributed by atoms with Gasteiger partial charge in [-0.3, -0.25) is 0 Å². The normalized spacial score (nSPS) is 12.9. The molecule has 0 saturated carbocycles. The number of fused-ring (bicyclic) bond motifs is 10. The van der Waals surface area contributed by atoms with Gasteiger partial charge in [0.15, 0.2) is 0 Å². The predicted molar refractivity (Wildman–Crippen MR) is 264 cm³/mol. The van der Waals surface area contributed by atoms with Gasteiger partial charge in [-0.15, -0.1) is 0 Å². The summed E-state index contributed by atoms with van der Waals surface area (Å²) in [5.74, 6) is 0. The van der Waals surface area contributed by atoms with Crippen LogP contribution >= 0.6 is 0 Å². The predicted octanol–water partition coefficient (Wildman–Crippen LogP) is 16.5. The number of anilines is 3. The van der Waals surface area contributed by atoms with Gasteiger partial charge >= 0.3 is 0 Å². The minimum Gasteiger partial charge on any atom is -0.455 e. The number of hydrogen-bond donors (Lipinski definition) is 0. The Labute approximate surface area is 365 Å². The van der Waals surface area contributed by atoms with Crippen LogP contribution in [-0.4, -0.2) is 0 Å². The molecule has 1 aliphatic carbocycles. The summed E-state index contributed by atoms with van der Waals surface area (Å²) in [5.41, 5.74) is 14.6. The minimum atomic E-state index is -0.454. The number of nitrogens with zero attached hydrogens (tertiary/aromatic N) is 1. The Hall–Kier alpha value is -8.20. The lowest BCUT2D eigenvalue weighted by molar-refractivity contribution is 0.673. The third kappa shape index (κ3) is 5.32. The van der Waals surface area contributed by atoms with Gasteiger partial charge in [0.25, 0.3) is 0 Å². The highest BCUT2D eigenvalue weighted by Crippen LogP contribution is 2.57. The van der Waals surface area contributed by atoms with Crippen LogP contribution in [0.1, 0.15) is 22.3 Å². The maximum Gasteiger partial charge on any atom is 0.143 e. The largest absolute Gasteiger partial charge is 0.455 e. The van der Waals surface area contributed by atoms with E-state index in [1.54, 1.807) is 0 Å². The molecule has 0 aliphatic heterocycles. The molecule has 2 heteroatoms. The number of rotatable bonds is 6. The fourth-order valence-electron chi connectivity index (χ4n) is 10.7. The van der Waals surface area contributed by atoms with Crippen LogP contribution in [0.15, 0.2) is 241 Å². The second-order valence-electron chi connectivity index (χ2n) is 16.8. The van der Waals surface area contributed by atoms with Crippen LogP contribution in [0.25, 0.3) is 76.5 Å². The third-order valence-corrected chi connectivity index (χ3v) is 13.5. The maximum atomic E-state index is 6.97. The molecule has 63 heavy (non-hydrogen) atoms. The van der Waals surface area contributed by atoms with Crippen molar-refractivity contribution in [1.29, 1.82) is 0 Å². The van der Waals surface area contributed by atoms with Gasteiger partial charge in [-0.2, -0.15) is 0 Å². The van der Waals surface area contributed by atoms with E-state index in [9.17, 15) is 0 Å². The maximum absolute atomic E-state index is 6.97. The molecule has 12 aromatic rings. The first kappa shape index (κ1) is 35.5. The fraction of sp³-hybridized carbons (Fsp3) is 0.0164. The Morgan fingerprint density at radius 1 is 0.349 bits per heavy atom. The average molecular weight is 802 g/mol. The Bertz CT molecular complexity index is 3630. The van der Waals surface area contributed by atoms with Crippen LogP contribution in [0.5, 0.6) is 0 Å². The van der Waals surface area contributed by atoms with E-state index in [1.807, 2.05) is 0 Å². The molecule has 1 heterocycles. The fourth-order valence-corrected chi connectivity index (χ4v) is 10.7. The molecule has 0 unspecified atom stereocenters. The first-order valence-electron chi connectivity index (χ1n) is 21.7. The second kappa shape index (κ2) is 13.9. The summed E-state index contributed by atoms with van der Waals surface area (Å²) in [6.07, 6.45) is 0. The molecule has 2 nitrogen and oxygen atoms in total. The Kier molecular flexibility index (Phi) is 7.85. The summed E-state index contributed by atoms with van der Waals surface area (Å²) < 4.78 is 6.97. The van der Waals surface area contributed by atoms with Crippen LogP contribution < -0.4 is 4.90 Å². The van der Waals surface area contributed by atoms with Crippen molar-refractivity contribution in [1.82, 2.24) is 0 Å². The first-order valence-corrected chi connectivity index (χ1v) is 21.7. The molecule has 0 radical (unpaired) electrons. The van der Waals surface area contributed by atoms with Crippen molar-refractivity contribution in [3.8, 4) is 22.3 Å². The number of benzene rings is 11. The molecule has 1 aromatic heterocycles. The van der Waals surface area contributed by atoms with Gasteiger partial charge in [-0.1, -0.05) is 194 Å². The monoisotopic (exact) mass is 801 g/mol. The van der Waals surface area contributed by atoms with Gasteiger partial charge in [0.1, 0.15) is 11.2 Å². The summed E-state index contributed by atoms with van der Waals surface area (Å²) >= 11 is 0. The highest BCUT2D eigenvalue weighted by molar-refractivity contribution is 6.23. The quantitative estimate of drug-likeness (QED) is 0.167. The highest BCUT2D eigenvalue weighted by Gasteiger charge is 2.46. The molecule has 0 fully saturated rings. The van der Waals surface area contributed by atoms with Gasteiger partial charge < -0.3 is 9.32 Å². The number of hydrogen-bond acceptors (Lipinski definition) is 2. The summed E-state index contributed by atoms with van der Waals surface area (Å²) in [5, 5.41) is 9.23. The van der Waals surface area contributed by atoms with Crippen molar-refractivity contribution in [2.45, 2.75) is 5.41 Å². The van der Waals surface area contributed by atoms with Gasteiger partial charge in [-0.05, 0) is 109 Å². The van der Waals surface area contributed by atoms with Crippen LogP contribution in [0.3, 0.4) is 0 Å². The molecule has 1 aliphatic rings. The van der Waals surface area contributed by atoms with E-state index in [-0.39, 0.29) is 0 Å². The van der Waals surface area contributed by atoms with Gasteiger partial charge in [-0.25, -0.2) is 0 Å². The van der Waals surface area contributed by atoms with Gasteiger partial charge in [0.05, 0.1) is 11.1 Å². The molecule has 0 spiro atoms. The lowest BCUT2D eigenvalue weighted by Gasteiger charge is -2.33. The summed E-state index contributed by atoms with van der Waals surface area (Å²) in [7, 11) is 0. The van der Waals surface area contributed by atoms with E-state index in [4.69, 9.17) is 4.42 Å². The lowest BCUT2D eigenvalue weighted by Crippen LogP contribution is -2.28. The van der Waals surface area contributed by atoms with Crippen molar-refractivity contribution in [3.63, 3.8) is 0 Å². The second-order valence-corrected chi connectivity index (χ2v) is 16.8. The smallest absolute Gasteiger partial charge is 0.143 e. The third-order valence-electron chi connectivity index (χ3n) is 13.5. The zero-order valence-electron chi connectivity index (χ0n) is 34.4. The van der Waals surface area contributed by atoms with Crippen molar-refractivity contribution in [3.05, 3.63) is 259 Å². The molecular weight excluding hydrogens is 763 g/mol. The average Bonchev–Trinajstić information content (AvgIpc) is 3.88. The summed E-state index contributed by atoms with van der Waals surface area (Å²) in [6, 6.07) is 86.6. The molecule has 11 aromatic carbocycles. The van der Waals surface area contributed by atoms with E-state index >= 15 is 0 Å². The summed E-state index contributed by atoms with van der Waals surface area (Å²) in [4.78, 5) is 2.43. The Morgan fingerprint density at radius 2 is 0.905 bits per heavy atom. The molecule has 0 amide bonds. The first-order chi connectivity index (χ1) is 31.2. The van der Waals surface area contributed by atoms with Crippen LogP contribution in [0.4, 0.5) is 17.1 Å². The van der Waals surface area contributed by atoms with Crippen LogP contribution in [0.2, 0.25) is 0 Å². The van der Waals surface area contributed by atoms with Crippen molar-refractivity contribution in [2.24, 2.45) is 0 Å². The van der Waals surface area contributed by atoms with Gasteiger partial charge in [0, 0.05) is 32.9 Å². The zero-order valence-corrected chi connectivity index (χ0v) is 34.4. The van der Waals surface area contributed by atoms with E-state index in [0.717, 1.165) is 60.9 Å². The molecule has 0 bridgehead atoms. The molecule has 0 saturated heterocycles. The van der Waals surface area contributed by atoms with Crippen molar-refractivity contribution in [2.75, 3.05) is 4.90 Å². The number of furan rings is 1. The van der Waals surface area contributed by atoms with Crippen LogP contribution in [0, 0.1) is 0 Å². The minimum absolute atomic E-state index is 0.454. The van der Waals surface area contributed by atoms with E-state index in [0.29, 0.717) is 0 Å². The molecule has 13 rings (SSSR count). The Morgan fingerprint density at radius 3 is 1.59 bits per heavy atom. The molecule has 0 N–H and O–H groups in total. The molecular formula is C61H39NO. The van der Waals surface area contributed by atoms with Crippen LogP contribution in [-0.2, 0) is 5.41 Å². The lowest BCUT2D eigenvalue weighted by atomic mass is 9.67. The molecule has 0 atom stereocenters. The standard InChI is InChI=1S/C61H39NO/c1-3-20-45(21-4-1)61(46-22-5-2-6-23-46)55-28-14-13-24-50(55)53-38-44(32-35-56(53)61)49-27-15-29-58-59(49)54-39-57(51-25-11-12-26-52(51)60(54)63-58)62(47-33-30-40-16-7-9-18-42(40)36-47)48-34-31-41-17-8-10-19-43(41)37-48/h1-39H. The van der Waals surface area contributed by atoms with E-state index < -0.39 is 5.41 Å². The van der Waals surface area contributed by atoms with E-state index in [1.165, 1.54) is 54.9 Å². The Balaban J connectivity index is 1.07.